The molecule has 1 aliphatic heterocycles. The van der Waals surface area contributed by atoms with Crippen LogP contribution in [0.2, 0.25) is 0 Å². The quantitative estimate of drug-likeness (QED) is 0.800. The summed E-state index contributed by atoms with van der Waals surface area (Å²) < 4.78 is 12.3. The van der Waals surface area contributed by atoms with E-state index in [0.29, 0.717) is 24.7 Å². The molecule has 0 unspecified atom stereocenters. The summed E-state index contributed by atoms with van der Waals surface area (Å²) in [6.45, 7) is 1.23. The lowest BCUT2D eigenvalue weighted by molar-refractivity contribution is 0.0581. The first-order valence-corrected chi connectivity index (χ1v) is 7.35. The van der Waals surface area contributed by atoms with Crippen LogP contribution in [0.15, 0.2) is 18.5 Å². The van der Waals surface area contributed by atoms with Gasteiger partial charge in [0.2, 0.25) is 5.88 Å². The lowest BCUT2D eigenvalue weighted by atomic mass is 10.1. The van der Waals surface area contributed by atoms with E-state index in [2.05, 4.69) is 20.3 Å². The molecule has 122 valence electrons. The lowest BCUT2D eigenvalue weighted by Crippen LogP contribution is -2.42. The summed E-state index contributed by atoms with van der Waals surface area (Å²) in [6, 6.07) is 1.97. The zero-order valence-corrected chi connectivity index (χ0v) is 13.0. The van der Waals surface area contributed by atoms with E-state index < -0.39 is 0 Å². The summed E-state index contributed by atoms with van der Waals surface area (Å²) >= 11 is 0. The number of hydrogen-bond acceptors (Lipinski definition) is 7. The molecule has 0 spiro atoms. The molecule has 0 atom stereocenters. The molecule has 1 aliphatic rings. The van der Waals surface area contributed by atoms with Gasteiger partial charge in [0.15, 0.2) is 5.69 Å². The van der Waals surface area contributed by atoms with Crippen LogP contribution in [0.1, 0.15) is 23.3 Å². The first-order valence-electron chi connectivity index (χ1n) is 7.35. The van der Waals surface area contributed by atoms with Crippen LogP contribution in [0.4, 0.5) is 0 Å². The zero-order valence-electron chi connectivity index (χ0n) is 13.0. The van der Waals surface area contributed by atoms with Crippen molar-refractivity contribution in [2.24, 2.45) is 7.05 Å². The molecular weight excluding hydrogens is 300 g/mol. The van der Waals surface area contributed by atoms with Crippen molar-refractivity contribution in [2.45, 2.75) is 18.9 Å². The molecule has 0 bridgehead atoms. The third kappa shape index (κ3) is 3.55. The molecule has 9 nitrogen and oxygen atoms in total. The van der Waals surface area contributed by atoms with Crippen LogP contribution in [-0.2, 0) is 7.05 Å². The number of rotatable bonds is 4. The Bertz CT molecular complexity index is 681. The fourth-order valence-electron chi connectivity index (χ4n) is 2.44. The van der Waals surface area contributed by atoms with E-state index in [0.717, 1.165) is 12.8 Å². The van der Waals surface area contributed by atoms with Crippen LogP contribution in [0.3, 0.4) is 0 Å². The van der Waals surface area contributed by atoms with Gasteiger partial charge in [0.25, 0.3) is 5.91 Å². The molecule has 0 radical (unpaired) electrons. The summed E-state index contributed by atoms with van der Waals surface area (Å²) in [5, 5.41) is 7.64. The van der Waals surface area contributed by atoms with Gasteiger partial charge in [-0.3, -0.25) is 9.48 Å². The fraction of sp³-hybridized carbons (Fsp3) is 0.500. The first kappa shape index (κ1) is 15.2. The molecule has 1 saturated heterocycles. The molecule has 23 heavy (non-hydrogen) atoms. The van der Waals surface area contributed by atoms with Crippen molar-refractivity contribution < 1.29 is 14.3 Å². The average Bonchev–Trinajstić information content (AvgIpc) is 3.01. The predicted octanol–water partition coefficient (Wildman–Crippen LogP) is 0.297. The second-order valence-corrected chi connectivity index (χ2v) is 5.27. The number of hydrogen-bond donors (Lipinski definition) is 0. The Morgan fingerprint density at radius 3 is 2.78 bits per heavy atom. The molecule has 0 saturated carbocycles. The SMILES string of the molecule is COc1nccc(OC2CCN(C(=O)c3cn(C)nn3)CC2)n1. The Kier molecular flexibility index (Phi) is 4.35. The van der Waals surface area contributed by atoms with Crippen molar-refractivity contribution in [1.29, 1.82) is 0 Å². The van der Waals surface area contributed by atoms with Crippen molar-refractivity contribution in [3.05, 3.63) is 24.2 Å². The van der Waals surface area contributed by atoms with E-state index in [4.69, 9.17) is 9.47 Å². The monoisotopic (exact) mass is 318 g/mol. The number of aromatic nitrogens is 5. The van der Waals surface area contributed by atoms with Crippen LogP contribution in [-0.4, -0.2) is 62.1 Å². The molecular formula is C14H18N6O3. The number of ether oxygens (including phenoxy) is 2. The minimum atomic E-state index is -0.0970. The van der Waals surface area contributed by atoms with Crippen LogP contribution >= 0.6 is 0 Å². The van der Waals surface area contributed by atoms with Gasteiger partial charge in [-0.2, -0.15) is 4.98 Å². The summed E-state index contributed by atoms with van der Waals surface area (Å²) in [7, 11) is 3.25. The highest BCUT2D eigenvalue weighted by atomic mass is 16.5. The van der Waals surface area contributed by atoms with Gasteiger partial charge < -0.3 is 14.4 Å². The number of aryl methyl sites for hydroxylation is 1. The van der Waals surface area contributed by atoms with Crippen molar-refractivity contribution in [2.75, 3.05) is 20.2 Å². The molecule has 2 aromatic heterocycles. The summed E-state index contributed by atoms with van der Waals surface area (Å²) in [4.78, 5) is 22.1. The molecule has 1 fully saturated rings. The van der Waals surface area contributed by atoms with Gasteiger partial charge in [-0.25, -0.2) is 4.98 Å². The molecule has 0 aliphatic carbocycles. The number of carbonyl (C=O) groups is 1. The minimum absolute atomic E-state index is 0.0144. The molecule has 0 aromatic carbocycles. The van der Waals surface area contributed by atoms with Crippen LogP contribution in [0, 0.1) is 0 Å². The molecule has 3 rings (SSSR count). The number of likely N-dealkylation sites (tertiary alicyclic amines) is 1. The van der Waals surface area contributed by atoms with Crippen LogP contribution in [0.25, 0.3) is 0 Å². The largest absolute Gasteiger partial charge is 0.474 e. The Hall–Kier alpha value is -2.71. The maximum atomic E-state index is 12.3. The Labute approximate surface area is 133 Å². The third-order valence-corrected chi connectivity index (χ3v) is 3.63. The normalized spacial score (nSPS) is 15.5. The first-order chi connectivity index (χ1) is 11.2. The van der Waals surface area contributed by atoms with Crippen molar-refractivity contribution >= 4 is 5.91 Å². The van der Waals surface area contributed by atoms with E-state index in [9.17, 15) is 4.79 Å². The van der Waals surface area contributed by atoms with Crippen molar-refractivity contribution in [1.82, 2.24) is 29.9 Å². The molecule has 9 heteroatoms. The zero-order chi connectivity index (χ0) is 16.2. The van der Waals surface area contributed by atoms with Gasteiger partial charge in [-0.05, 0) is 0 Å². The Morgan fingerprint density at radius 2 is 2.13 bits per heavy atom. The second-order valence-electron chi connectivity index (χ2n) is 5.27. The molecule has 3 heterocycles. The number of amides is 1. The Morgan fingerprint density at radius 1 is 1.35 bits per heavy atom. The number of carbonyl (C=O) groups excluding carboxylic acids is 1. The average molecular weight is 318 g/mol. The van der Waals surface area contributed by atoms with Crippen LogP contribution < -0.4 is 9.47 Å². The number of methoxy groups -OCH3 is 1. The van der Waals surface area contributed by atoms with Gasteiger partial charge in [-0.15, -0.1) is 5.10 Å². The van der Waals surface area contributed by atoms with Gasteiger partial charge in [0.05, 0.1) is 13.3 Å². The van der Waals surface area contributed by atoms with E-state index in [1.807, 2.05) is 0 Å². The van der Waals surface area contributed by atoms with Crippen LogP contribution in [0.5, 0.6) is 11.9 Å². The highest BCUT2D eigenvalue weighted by Gasteiger charge is 2.26. The maximum absolute atomic E-state index is 12.3. The van der Waals surface area contributed by atoms with E-state index >= 15 is 0 Å². The fourth-order valence-corrected chi connectivity index (χ4v) is 2.44. The van der Waals surface area contributed by atoms with Gasteiger partial charge in [0.1, 0.15) is 6.10 Å². The number of piperidine rings is 1. The van der Waals surface area contributed by atoms with E-state index in [-0.39, 0.29) is 18.0 Å². The van der Waals surface area contributed by atoms with Gasteiger partial charge in [-0.1, -0.05) is 5.21 Å². The number of nitrogens with zero attached hydrogens (tertiary/aromatic N) is 6. The van der Waals surface area contributed by atoms with Crippen molar-refractivity contribution in [3.63, 3.8) is 0 Å². The summed E-state index contributed by atoms with van der Waals surface area (Å²) in [5.41, 5.74) is 0.368. The lowest BCUT2D eigenvalue weighted by Gasteiger charge is -2.31. The Balaban J connectivity index is 1.55. The summed E-state index contributed by atoms with van der Waals surface area (Å²) in [5.74, 6) is 0.385. The minimum Gasteiger partial charge on any atom is -0.474 e. The van der Waals surface area contributed by atoms with Crippen molar-refractivity contribution in [3.8, 4) is 11.9 Å². The highest BCUT2D eigenvalue weighted by molar-refractivity contribution is 5.91. The molecule has 1 amide bonds. The predicted molar refractivity (Wildman–Crippen MR) is 79.1 cm³/mol. The van der Waals surface area contributed by atoms with Gasteiger partial charge >= 0.3 is 6.01 Å². The smallest absolute Gasteiger partial charge is 0.319 e. The van der Waals surface area contributed by atoms with Gasteiger partial charge in [0, 0.05) is 45.2 Å². The maximum Gasteiger partial charge on any atom is 0.319 e. The molecule has 2 aromatic rings. The highest BCUT2D eigenvalue weighted by Crippen LogP contribution is 2.19. The third-order valence-electron chi connectivity index (χ3n) is 3.63. The topological polar surface area (TPSA) is 95.3 Å². The van der Waals surface area contributed by atoms with E-state index in [1.54, 1.807) is 30.4 Å². The standard InChI is InChI=1S/C14H18N6O3/c1-19-9-11(17-18-19)13(21)20-7-4-10(5-8-20)23-12-3-6-15-14(16-12)22-2/h3,6,9-10H,4-5,7-8H2,1-2H3. The second kappa shape index (κ2) is 6.59. The summed E-state index contributed by atoms with van der Waals surface area (Å²) in [6.07, 6.45) is 4.70. The van der Waals surface area contributed by atoms with E-state index in [1.165, 1.54) is 11.8 Å². The molecule has 0 N–H and O–H groups in total.